The van der Waals surface area contributed by atoms with Gasteiger partial charge in [0.2, 0.25) is 0 Å². The van der Waals surface area contributed by atoms with Crippen LogP contribution in [-0.4, -0.2) is 23.0 Å². The molecule has 0 saturated carbocycles. The molecular weight excluding hydrogens is 182 g/mol. The van der Waals surface area contributed by atoms with Crippen molar-refractivity contribution < 1.29 is 14.6 Å². The van der Waals surface area contributed by atoms with Crippen molar-refractivity contribution in [1.29, 1.82) is 0 Å². The SMILES string of the molecule is CCCC[C@H](O)NC(=O)OC(C)(C)C. The number of hydrogen-bond acceptors (Lipinski definition) is 3. The van der Waals surface area contributed by atoms with Crippen molar-refractivity contribution in [3.63, 3.8) is 0 Å². The zero-order chi connectivity index (χ0) is 11.2. The van der Waals surface area contributed by atoms with Crippen molar-refractivity contribution >= 4 is 6.09 Å². The lowest BCUT2D eigenvalue weighted by Crippen LogP contribution is -2.38. The lowest BCUT2D eigenvalue weighted by molar-refractivity contribution is 0.0341. The average molecular weight is 203 g/mol. The van der Waals surface area contributed by atoms with Gasteiger partial charge in [-0.25, -0.2) is 4.79 Å². The van der Waals surface area contributed by atoms with E-state index in [1.807, 2.05) is 6.92 Å². The fraction of sp³-hybridized carbons (Fsp3) is 0.900. The Morgan fingerprint density at radius 3 is 2.50 bits per heavy atom. The number of rotatable bonds is 4. The lowest BCUT2D eigenvalue weighted by Gasteiger charge is -2.21. The lowest BCUT2D eigenvalue weighted by atomic mass is 10.2. The molecule has 0 aromatic rings. The number of carbonyl (C=O) groups excluding carboxylic acids is 1. The molecule has 84 valence electrons. The molecule has 0 radical (unpaired) electrons. The van der Waals surface area contributed by atoms with Crippen LogP contribution in [-0.2, 0) is 4.74 Å². The molecule has 0 saturated heterocycles. The summed E-state index contributed by atoms with van der Waals surface area (Å²) in [4.78, 5) is 11.1. The molecule has 0 unspecified atom stereocenters. The molecule has 0 aromatic heterocycles. The Morgan fingerprint density at radius 2 is 2.07 bits per heavy atom. The minimum absolute atomic E-state index is 0.519. The highest BCUT2D eigenvalue weighted by atomic mass is 16.6. The third kappa shape index (κ3) is 7.86. The van der Waals surface area contributed by atoms with E-state index in [9.17, 15) is 9.90 Å². The maximum atomic E-state index is 11.1. The first-order chi connectivity index (χ1) is 6.35. The number of nitrogens with one attached hydrogen (secondary N) is 1. The Morgan fingerprint density at radius 1 is 1.50 bits per heavy atom. The molecule has 0 rings (SSSR count). The quantitative estimate of drug-likeness (QED) is 0.687. The summed E-state index contributed by atoms with van der Waals surface area (Å²) in [6.45, 7) is 7.38. The highest BCUT2D eigenvalue weighted by Crippen LogP contribution is 2.07. The minimum Gasteiger partial charge on any atom is -0.444 e. The van der Waals surface area contributed by atoms with Gasteiger partial charge in [0.05, 0.1) is 0 Å². The van der Waals surface area contributed by atoms with Gasteiger partial charge in [-0.1, -0.05) is 13.3 Å². The fourth-order valence-electron chi connectivity index (χ4n) is 0.913. The summed E-state index contributed by atoms with van der Waals surface area (Å²) in [5, 5.41) is 11.7. The van der Waals surface area contributed by atoms with Crippen molar-refractivity contribution in [2.45, 2.75) is 58.8 Å². The van der Waals surface area contributed by atoms with Crippen LogP contribution in [0.3, 0.4) is 0 Å². The maximum absolute atomic E-state index is 11.1. The standard InChI is InChI=1S/C10H21NO3/c1-5-6-7-8(12)11-9(13)14-10(2,3)4/h8,12H,5-7H2,1-4H3,(H,11,13)/t8-/m0/s1. The van der Waals surface area contributed by atoms with Crippen molar-refractivity contribution in [2.24, 2.45) is 0 Å². The fourth-order valence-corrected chi connectivity index (χ4v) is 0.913. The van der Waals surface area contributed by atoms with Crippen LogP contribution in [0.25, 0.3) is 0 Å². The van der Waals surface area contributed by atoms with Crippen LogP contribution in [0.1, 0.15) is 47.0 Å². The van der Waals surface area contributed by atoms with E-state index in [1.165, 1.54) is 0 Å². The Kier molecular flexibility index (Phi) is 5.53. The Hall–Kier alpha value is -0.770. The van der Waals surface area contributed by atoms with Crippen molar-refractivity contribution in [3.8, 4) is 0 Å². The van der Waals surface area contributed by atoms with Gasteiger partial charge in [-0.2, -0.15) is 0 Å². The summed E-state index contributed by atoms with van der Waals surface area (Å²) in [6.07, 6.45) is 1.07. The maximum Gasteiger partial charge on any atom is 0.409 e. The Balaban J connectivity index is 3.71. The van der Waals surface area contributed by atoms with E-state index in [-0.39, 0.29) is 0 Å². The van der Waals surface area contributed by atoms with E-state index < -0.39 is 17.9 Å². The van der Waals surface area contributed by atoms with Gasteiger partial charge in [-0.05, 0) is 33.6 Å². The van der Waals surface area contributed by atoms with Gasteiger partial charge in [0, 0.05) is 0 Å². The van der Waals surface area contributed by atoms with Gasteiger partial charge in [0.15, 0.2) is 0 Å². The monoisotopic (exact) mass is 203 g/mol. The Labute approximate surface area is 85.6 Å². The first-order valence-corrected chi connectivity index (χ1v) is 5.02. The first-order valence-electron chi connectivity index (χ1n) is 5.02. The summed E-state index contributed by atoms with van der Waals surface area (Å²) < 4.78 is 4.98. The van der Waals surface area contributed by atoms with Crippen LogP contribution in [0, 0.1) is 0 Å². The number of aliphatic hydroxyl groups excluding tert-OH is 1. The molecule has 0 aromatic carbocycles. The summed E-state index contributed by atoms with van der Waals surface area (Å²) in [7, 11) is 0. The topological polar surface area (TPSA) is 58.6 Å². The van der Waals surface area contributed by atoms with Crippen LogP contribution in [0.5, 0.6) is 0 Å². The third-order valence-corrected chi connectivity index (χ3v) is 1.51. The van der Waals surface area contributed by atoms with Crippen LogP contribution < -0.4 is 5.32 Å². The molecule has 4 nitrogen and oxygen atoms in total. The van der Waals surface area contributed by atoms with Crippen molar-refractivity contribution in [1.82, 2.24) is 5.32 Å². The van der Waals surface area contributed by atoms with Gasteiger partial charge >= 0.3 is 6.09 Å². The van der Waals surface area contributed by atoms with E-state index in [0.717, 1.165) is 12.8 Å². The predicted octanol–water partition coefficient (Wildman–Crippen LogP) is 2.02. The zero-order valence-electron chi connectivity index (χ0n) is 9.46. The summed E-state index contributed by atoms with van der Waals surface area (Å²) in [6, 6.07) is 0. The summed E-state index contributed by atoms with van der Waals surface area (Å²) in [5.41, 5.74) is -0.519. The number of hydrogen-bond donors (Lipinski definition) is 2. The second kappa shape index (κ2) is 5.86. The molecule has 14 heavy (non-hydrogen) atoms. The van der Waals surface area contributed by atoms with E-state index in [1.54, 1.807) is 20.8 Å². The molecular formula is C10H21NO3. The van der Waals surface area contributed by atoms with Crippen LogP contribution >= 0.6 is 0 Å². The second-order valence-corrected chi connectivity index (χ2v) is 4.30. The van der Waals surface area contributed by atoms with Crippen molar-refractivity contribution in [3.05, 3.63) is 0 Å². The highest BCUT2D eigenvalue weighted by Gasteiger charge is 2.17. The number of ether oxygens (including phenoxy) is 1. The number of aliphatic hydroxyl groups is 1. The molecule has 1 amide bonds. The molecule has 0 spiro atoms. The molecule has 0 aliphatic rings. The predicted molar refractivity (Wildman–Crippen MR) is 54.9 cm³/mol. The number of amides is 1. The molecule has 4 heteroatoms. The van der Waals surface area contributed by atoms with Crippen LogP contribution in [0.4, 0.5) is 4.79 Å². The van der Waals surface area contributed by atoms with Crippen LogP contribution in [0.2, 0.25) is 0 Å². The van der Waals surface area contributed by atoms with Crippen molar-refractivity contribution in [2.75, 3.05) is 0 Å². The van der Waals surface area contributed by atoms with Gasteiger partial charge in [0.25, 0.3) is 0 Å². The molecule has 0 aliphatic carbocycles. The normalized spacial score (nSPS) is 13.5. The zero-order valence-corrected chi connectivity index (χ0v) is 9.46. The van der Waals surface area contributed by atoms with Gasteiger partial charge in [0.1, 0.15) is 11.8 Å². The largest absolute Gasteiger partial charge is 0.444 e. The van der Waals surface area contributed by atoms with Gasteiger partial charge in [-0.15, -0.1) is 0 Å². The first kappa shape index (κ1) is 13.2. The van der Waals surface area contributed by atoms with E-state index in [2.05, 4.69) is 5.32 Å². The van der Waals surface area contributed by atoms with Gasteiger partial charge < -0.3 is 9.84 Å². The molecule has 0 bridgehead atoms. The average Bonchev–Trinajstić information content (AvgIpc) is 1.96. The number of alkyl carbamates (subject to hydrolysis) is 1. The van der Waals surface area contributed by atoms with Crippen LogP contribution in [0.15, 0.2) is 0 Å². The summed E-state index contributed by atoms with van der Waals surface area (Å²) in [5.74, 6) is 0. The van der Waals surface area contributed by atoms with E-state index >= 15 is 0 Å². The Bertz CT molecular complexity index is 175. The molecule has 0 fully saturated rings. The number of carbonyl (C=O) groups is 1. The molecule has 2 N–H and O–H groups in total. The smallest absolute Gasteiger partial charge is 0.409 e. The minimum atomic E-state index is -0.801. The van der Waals surface area contributed by atoms with Gasteiger partial charge in [-0.3, -0.25) is 5.32 Å². The highest BCUT2D eigenvalue weighted by molar-refractivity contribution is 5.67. The van der Waals surface area contributed by atoms with E-state index in [4.69, 9.17) is 4.74 Å². The number of unbranched alkanes of at least 4 members (excludes halogenated alkanes) is 1. The molecule has 0 heterocycles. The summed E-state index contributed by atoms with van der Waals surface area (Å²) >= 11 is 0. The third-order valence-electron chi connectivity index (χ3n) is 1.51. The van der Waals surface area contributed by atoms with E-state index in [0.29, 0.717) is 6.42 Å². The second-order valence-electron chi connectivity index (χ2n) is 4.30. The molecule has 0 aliphatic heterocycles. The molecule has 1 atom stereocenters.